The molecule has 0 radical (unpaired) electrons. The highest BCUT2D eigenvalue weighted by molar-refractivity contribution is 6.11. The zero-order valence-corrected chi connectivity index (χ0v) is 21.6. The van der Waals surface area contributed by atoms with Gasteiger partial charge in [0, 0.05) is 17.2 Å². The van der Waals surface area contributed by atoms with Gasteiger partial charge in [-0.05, 0) is 72.8 Å². The quantitative estimate of drug-likeness (QED) is 0.142. The van der Waals surface area contributed by atoms with E-state index in [-0.39, 0.29) is 10.8 Å². The van der Waals surface area contributed by atoms with Crippen LogP contribution < -0.4 is 10.5 Å². The summed E-state index contributed by atoms with van der Waals surface area (Å²) in [5, 5.41) is 13.0. The zero-order chi connectivity index (χ0) is 25.5. The van der Waals surface area contributed by atoms with Crippen molar-refractivity contribution in [2.24, 2.45) is 10.9 Å². The first-order valence-electron chi connectivity index (χ1n) is 11.9. The number of carboxylic acids is 1. The highest BCUT2D eigenvalue weighted by Crippen LogP contribution is 2.48. The molecule has 6 nitrogen and oxygen atoms in total. The Balaban J connectivity index is 2.69. The molecule has 0 aliphatic heterocycles. The number of benzene rings is 1. The summed E-state index contributed by atoms with van der Waals surface area (Å²) in [5.41, 5.74) is 10.7. The van der Waals surface area contributed by atoms with E-state index in [9.17, 15) is 4.79 Å². The van der Waals surface area contributed by atoms with Gasteiger partial charge in [0.2, 0.25) is 0 Å². The van der Waals surface area contributed by atoms with E-state index < -0.39 is 12.2 Å². The molecule has 1 aliphatic carbocycles. The normalized spacial score (nSPS) is 18.7. The van der Waals surface area contributed by atoms with Crippen molar-refractivity contribution in [1.82, 2.24) is 0 Å². The van der Waals surface area contributed by atoms with Gasteiger partial charge in [0.1, 0.15) is 5.75 Å². The van der Waals surface area contributed by atoms with Crippen LogP contribution in [0, 0.1) is 0 Å². The van der Waals surface area contributed by atoms with Gasteiger partial charge >= 0.3 is 5.97 Å². The second-order valence-electron chi connectivity index (χ2n) is 10.3. The van der Waals surface area contributed by atoms with Crippen molar-refractivity contribution < 1.29 is 19.5 Å². The highest BCUT2D eigenvalue weighted by atomic mass is 16.6. The fourth-order valence-electron chi connectivity index (χ4n) is 4.08. The standard InChI is InChI=1S/C28H40N2O4/c1-8-14-33-25-17-24-23(27(4,5)12-13-28(24,6)7)16-22(25)21(18-30-34-20(3)29)11-9-10-19(2)15-26(31)32/h9-11,15-18,20H,8,12-14,29H2,1-7H3,(H,31,32). The number of oxime groups is 1. The average Bonchev–Trinajstić information content (AvgIpc) is 2.73. The van der Waals surface area contributed by atoms with Gasteiger partial charge in [0.05, 0.1) is 12.8 Å². The smallest absolute Gasteiger partial charge is 0.328 e. The lowest BCUT2D eigenvalue weighted by molar-refractivity contribution is -0.131. The van der Waals surface area contributed by atoms with E-state index in [1.54, 1.807) is 32.2 Å². The van der Waals surface area contributed by atoms with E-state index in [0.717, 1.165) is 42.2 Å². The van der Waals surface area contributed by atoms with Gasteiger partial charge in [0.15, 0.2) is 6.23 Å². The van der Waals surface area contributed by atoms with Crippen LogP contribution in [0.3, 0.4) is 0 Å². The summed E-state index contributed by atoms with van der Waals surface area (Å²) in [5.74, 6) is -0.177. The molecular formula is C28H40N2O4. The molecule has 0 spiro atoms. The SMILES string of the molecule is CCCOc1cc2c(cc1C(C=NOC(C)N)=CC=CC(C)=CC(=O)O)C(C)(C)CCC2(C)C. The van der Waals surface area contributed by atoms with E-state index in [2.05, 4.69) is 51.9 Å². The summed E-state index contributed by atoms with van der Waals surface area (Å²) in [6.45, 7) is 15.3. The summed E-state index contributed by atoms with van der Waals surface area (Å²) in [6.07, 6.45) is 10.8. The number of hydrogen-bond donors (Lipinski definition) is 2. The number of aliphatic carboxylic acids is 1. The van der Waals surface area contributed by atoms with Crippen molar-refractivity contribution in [3.05, 3.63) is 58.7 Å². The molecule has 0 bridgehead atoms. The Hall–Kier alpha value is -2.86. The molecular weight excluding hydrogens is 428 g/mol. The number of carboxylic acid groups (broad SMARTS) is 1. The van der Waals surface area contributed by atoms with E-state index >= 15 is 0 Å². The predicted molar refractivity (Wildman–Crippen MR) is 139 cm³/mol. The second kappa shape index (κ2) is 11.5. The Morgan fingerprint density at radius 2 is 1.82 bits per heavy atom. The Morgan fingerprint density at radius 1 is 1.21 bits per heavy atom. The average molecular weight is 469 g/mol. The van der Waals surface area contributed by atoms with Crippen LogP contribution in [0.2, 0.25) is 0 Å². The van der Waals surface area contributed by atoms with Gasteiger partial charge in [-0.1, -0.05) is 58.0 Å². The van der Waals surface area contributed by atoms with Crippen molar-refractivity contribution in [2.45, 2.75) is 84.8 Å². The largest absolute Gasteiger partial charge is 0.493 e. The topological polar surface area (TPSA) is 94.1 Å². The van der Waals surface area contributed by atoms with Crippen LogP contribution in [0.4, 0.5) is 0 Å². The Morgan fingerprint density at radius 3 is 2.38 bits per heavy atom. The number of nitrogens with zero attached hydrogens (tertiary/aromatic N) is 1. The first-order valence-corrected chi connectivity index (χ1v) is 11.9. The fraction of sp³-hybridized carbons (Fsp3) is 0.500. The molecule has 186 valence electrons. The van der Waals surface area contributed by atoms with Crippen LogP contribution in [0.15, 0.2) is 47.2 Å². The van der Waals surface area contributed by atoms with Crippen molar-refractivity contribution in [2.75, 3.05) is 6.61 Å². The van der Waals surface area contributed by atoms with Crippen molar-refractivity contribution in [3.8, 4) is 5.75 Å². The first-order chi connectivity index (χ1) is 15.9. The number of allylic oxidation sites excluding steroid dienone is 5. The maximum absolute atomic E-state index is 10.9. The molecule has 0 heterocycles. The Kier molecular flexibility index (Phi) is 9.28. The third-order valence-corrected chi connectivity index (χ3v) is 6.13. The highest BCUT2D eigenvalue weighted by Gasteiger charge is 2.38. The number of rotatable bonds is 10. The Labute approximate surface area is 204 Å². The van der Waals surface area contributed by atoms with Crippen LogP contribution in [0.1, 0.15) is 84.4 Å². The van der Waals surface area contributed by atoms with Gasteiger partial charge in [-0.15, -0.1) is 0 Å². The predicted octanol–water partition coefficient (Wildman–Crippen LogP) is 6.10. The van der Waals surface area contributed by atoms with Gasteiger partial charge in [-0.2, -0.15) is 0 Å². The van der Waals surface area contributed by atoms with Crippen molar-refractivity contribution in [3.63, 3.8) is 0 Å². The second-order valence-corrected chi connectivity index (χ2v) is 10.3. The number of fused-ring (bicyclic) bond motifs is 1. The molecule has 1 unspecified atom stereocenters. The van der Waals surface area contributed by atoms with Crippen LogP contribution >= 0.6 is 0 Å². The Bertz CT molecular complexity index is 998. The monoisotopic (exact) mass is 468 g/mol. The minimum absolute atomic E-state index is 0.0318. The summed E-state index contributed by atoms with van der Waals surface area (Å²) in [6, 6.07) is 4.41. The molecule has 0 saturated heterocycles. The van der Waals surface area contributed by atoms with Crippen LogP contribution in [0.25, 0.3) is 5.57 Å². The third-order valence-electron chi connectivity index (χ3n) is 6.13. The van der Waals surface area contributed by atoms with Gasteiger partial charge < -0.3 is 14.7 Å². The molecule has 1 aromatic rings. The van der Waals surface area contributed by atoms with Crippen molar-refractivity contribution in [1.29, 1.82) is 0 Å². The molecule has 1 atom stereocenters. The third kappa shape index (κ3) is 7.32. The lowest BCUT2D eigenvalue weighted by Crippen LogP contribution is -2.34. The maximum Gasteiger partial charge on any atom is 0.328 e. The molecule has 2 rings (SSSR count). The zero-order valence-electron chi connectivity index (χ0n) is 21.6. The minimum atomic E-state index is -0.979. The van der Waals surface area contributed by atoms with Gasteiger partial charge in [-0.25, -0.2) is 4.79 Å². The molecule has 1 aromatic carbocycles. The minimum Gasteiger partial charge on any atom is -0.493 e. The molecule has 3 N–H and O–H groups in total. The summed E-state index contributed by atoms with van der Waals surface area (Å²) in [4.78, 5) is 16.2. The van der Waals surface area contributed by atoms with E-state index in [0.29, 0.717) is 12.2 Å². The summed E-state index contributed by atoms with van der Waals surface area (Å²) < 4.78 is 6.22. The number of hydrogen-bond acceptors (Lipinski definition) is 5. The maximum atomic E-state index is 10.9. The molecule has 1 aliphatic rings. The van der Waals surface area contributed by atoms with E-state index in [1.165, 1.54) is 11.1 Å². The molecule has 0 fully saturated rings. The summed E-state index contributed by atoms with van der Waals surface area (Å²) in [7, 11) is 0. The first kappa shape index (κ1) is 27.4. The van der Waals surface area contributed by atoms with Gasteiger partial charge in [-0.3, -0.25) is 5.73 Å². The number of ether oxygens (including phenoxy) is 1. The van der Waals surface area contributed by atoms with Crippen LogP contribution in [-0.2, 0) is 20.5 Å². The molecule has 0 amide bonds. The van der Waals surface area contributed by atoms with Crippen molar-refractivity contribution >= 4 is 17.8 Å². The molecule has 0 aromatic heterocycles. The molecule has 6 heteroatoms. The number of carbonyl (C=O) groups is 1. The lowest BCUT2D eigenvalue weighted by Gasteiger charge is -2.42. The molecule has 0 saturated carbocycles. The molecule has 34 heavy (non-hydrogen) atoms. The van der Waals surface area contributed by atoms with E-state index in [1.807, 2.05) is 6.08 Å². The fourth-order valence-corrected chi connectivity index (χ4v) is 4.08. The number of nitrogens with two attached hydrogens (primary N) is 1. The van der Waals surface area contributed by atoms with Crippen LogP contribution in [-0.4, -0.2) is 30.1 Å². The van der Waals surface area contributed by atoms with Gasteiger partial charge in [0.25, 0.3) is 0 Å². The summed E-state index contributed by atoms with van der Waals surface area (Å²) >= 11 is 0. The van der Waals surface area contributed by atoms with E-state index in [4.69, 9.17) is 20.4 Å². The van der Waals surface area contributed by atoms with Crippen LogP contribution in [0.5, 0.6) is 5.75 Å². The lowest BCUT2D eigenvalue weighted by atomic mass is 9.62.